The lowest BCUT2D eigenvalue weighted by atomic mass is 10.2. The summed E-state index contributed by atoms with van der Waals surface area (Å²) in [6.07, 6.45) is 0. The lowest BCUT2D eigenvalue weighted by molar-refractivity contribution is 0.0735. The Bertz CT molecular complexity index is 671. The van der Waals surface area contributed by atoms with Gasteiger partial charge in [0.25, 0.3) is 0 Å². The number of esters is 1. The van der Waals surface area contributed by atoms with Crippen LogP contribution in [-0.2, 0) is 11.3 Å². The lowest BCUT2D eigenvalue weighted by Crippen LogP contribution is -2.09. The van der Waals surface area contributed by atoms with Crippen LogP contribution in [0.5, 0.6) is 5.75 Å². The predicted octanol–water partition coefficient (Wildman–Crippen LogP) is 3.42. The molecule has 0 radical (unpaired) electrons. The molecule has 0 saturated carbocycles. The van der Waals surface area contributed by atoms with Crippen molar-refractivity contribution in [3.05, 3.63) is 58.1 Å². The molecule has 0 aliphatic carbocycles. The number of carbonyl (C=O) groups excluding carboxylic acids is 1. The van der Waals surface area contributed by atoms with Crippen LogP contribution in [0, 0.1) is 0 Å². The molecular formula is C13H8Cl2NO4S-. The zero-order chi connectivity index (χ0) is 15.4. The van der Waals surface area contributed by atoms with Crippen LogP contribution in [-0.4, -0.2) is 14.7 Å². The summed E-state index contributed by atoms with van der Waals surface area (Å²) < 4.78 is 28.4. The first-order valence-electron chi connectivity index (χ1n) is 5.59. The molecule has 1 unspecified atom stereocenters. The highest BCUT2D eigenvalue weighted by Crippen LogP contribution is 2.36. The average Bonchev–Trinajstić information content (AvgIpc) is 2.43. The summed E-state index contributed by atoms with van der Waals surface area (Å²) in [5.41, 5.74) is 0.505. The molecule has 2 aromatic rings. The minimum Gasteiger partial charge on any atom is -0.755 e. The lowest BCUT2D eigenvalue weighted by Gasteiger charge is -2.13. The highest BCUT2D eigenvalue weighted by molar-refractivity contribution is 7.80. The summed E-state index contributed by atoms with van der Waals surface area (Å²) in [4.78, 5) is 11.9. The van der Waals surface area contributed by atoms with Crippen molar-refractivity contribution in [1.82, 2.24) is 0 Å². The molecule has 0 saturated heterocycles. The zero-order valence-corrected chi connectivity index (χ0v) is 12.7. The van der Waals surface area contributed by atoms with Gasteiger partial charge in [0, 0.05) is 17.0 Å². The molecule has 0 heterocycles. The number of rotatable bonds is 4. The van der Waals surface area contributed by atoms with Crippen molar-refractivity contribution in [1.29, 1.82) is 0 Å². The largest absolute Gasteiger partial charge is 0.755 e. The van der Waals surface area contributed by atoms with Crippen molar-refractivity contribution in [3.63, 3.8) is 0 Å². The molecule has 5 nitrogen and oxygen atoms in total. The molecule has 0 aliphatic rings. The van der Waals surface area contributed by atoms with E-state index < -0.39 is 17.2 Å². The number of ether oxygens (including phenoxy) is 1. The van der Waals surface area contributed by atoms with Crippen molar-refractivity contribution in [3.8, 4) is 5.75 Å². The first-order valence-corrected chi connectivity index (χ1v) is 7.42. The third-order valence-corrected chi connectivity index (χ3v) is 3.37. The molecule has 2 aromatic carbocycles. The highest BCUT2D eigenvalue weighted by atomic mass is 35.5. The van der Waals surface area contributed by atoms with E-state index >= 15 is 0 Å². The first kappa shape index (κ1) is 15.8. The molecule has 2 rings (SSSR count). The Morgan fingerprint density at radius 2 is 1.71 bits per heavy atom. The second kappa shape index (κ2) is 6.91. The number of anilines is 1. The molecule has 8 heteroatoms. The Balaban J connectivity index is 2.25. The fourth-order valence-electron chi connectivity index (χ4n) is 1.54. The summed E-state index contributed by atoms with van der Waals surface area (Å²) in [6, 6.07) is 10.9. The summed E-state index contributed by atoms with van der Waals surface area (Å²) >= 11 is 9.39. The zero-order valence-electron chi connectivity index (χ0n) is 10.3. The van der Waals surface area contributed by atoms with Gasteiger partial charge in [0.1, 0.15) is 0 Å². The normalized spacial score (nSPS) is 11.8. The van der Waals surface area contributed by atoms with E-state index in [9.17, 15) is 13.6 Å². The van der Waals surface area contributed by atoms with Gasteiger partial charge < -0.3 is 14.0 Å². The minimum atomic E-state index is -2.51. The Hall–Kier alpha value is -1.60. The molecule has 110 valence electrons. The van der Waals surface area contributed by atoms with Gasteiger partial charge in [0.15, 0.2) is 5.75 Å². The Labute approximate surface area is 133 Å². The van der Waals surface area contributed by atoms with Crippen LogP contribution < -0.4 is 9.46 Å². The van der Waals surface area contributed by atoms with Crippen LogP contribution in [0.25, 0.3) is 0 Å². The van der Waals surface area contributed by atoms with E-state index in [0.29, 0.717) is 5.56 Å². The SMILES string of the molecule is O=C(Oc1c(Cl)cc(NS(=O)[O-])cc1Cl)c1ccccc1. The van der Waals surface area contributed by atoms with Gasteiger partial charge in [-0.1, -0.05) is 41.4 Å². The summed E-state index contributed by atoms with van der Waals surface area (Å²) in [5.74, 6) is -0.651. The maximum atomic E-state index is 11.9. The predicted molar refractivity (Wildman–Crippen MR) is 80.4 cm³/mol. The van der Waals surface area contributed by atoms with Gasteiger partial charge in [-0.05, 0) is 24.3 Å². The summed E-state index contributed by atoms with van der Waals surface area (Å²) in [6.45, 7) is 0. The van der Waals surface area contributed by atoms with Gasteiger partial charge in [-0.15, -0.1) is 0 Å². The Morgan fingerprint density at radius 3 is 2.24 bits per heavy atom. The van der Waals surface area contributed by atoms with Gasteiger partial charge in [-0.3, -0.25) is 4.21 Å². The number of halogens is 2. The molecule has 0 fully saturated rings. The van der Waals surface area contributed by atoms with E-state index in [-0.39, 0.29) is 21.5 Å². The second-order valence-electron chi connectivity index (χ2n) is 3.86. The fourth-order valence-corrected chi connectivity index (χ4v) is 2.41. The van der Waals surface area contributed by atoms with Crippen LogP contribution in [0.3, 0.4) is 0 Å². The van der Waals surface area contributed by atoms with Crippen molar-refractivity contribution >= 4 is 46.1 Å². The van der Waals surface area contributed by atoms with E-state index in [1.807, 2.05) is 0 Å². The number of hydrogen-bond donors (Lipinski definition) is 1. The molecule has 0 aliphatic heterocycles. The van der Waals surface area contributed by atoms with Gasteiger partial charge in [-0.2, -0.15) is 0 Å². The standard InChI is InChI=1S/C13H9Cl2NO4S/c14-10-6-9(16-21(18)19)7-11(15)12(10)20-13(17)8-4-2-1-3-5-8/h1-7,16H,(H,18,19)/p-1. The fraction of sp³-hybridized carbons (Fsp3) is 0. The molecule has 0 aromatic heterocycles. The van der Waals surface area contributed by atoms with Crippen LogP contribution in [0.2, 0.25) is 10.0 Å². The van der Waals surface area contributed by atoms with Crippen molar-refractivity contribution in [2.45, 2.75) is 0 Å². The number of benzene rings is 2. The Kier molecular flexibility index (Phi) is 5.19. The summed E-state index contributed by atoms with van der Waals surface area (Å²) in [7, 11) is 0. The quantitative estimate of drug-likeness (QED) is 0.523. The Morgan fingerprint density at radius 1 is 1.14 bits per heavy atom. The number of hydrogen-bond acceptors (Lipinski definition) is 4. The molecule has 1 atom stereocenters. The van der Waals surface area contributed by atoms with Gasteiger partial charge in [0.05, 0.1) is 15.6 Å². The molecule has 0 bridgehead atoms. The molecule has 0 spiro atoms. The van der Waals surface area contributed by atoms with Crippen molar-refractivity contribution in [2.24, 2.45) is 0 Å². The maximum Gasteiger partial charge on any atom is 0.343 e. The van der Waals surface area contributed by atoms with E-state index in [1.54, 1.807) is 30.3 Å². The van der Waals surface area contributed by atoms with E-state index in [0.717, 1.165) is 0 Å². The van der Waals surface area contributed by atoms with Crippen LogP contribution in [0.1, 0.15) is 10.4 Å². The monoisotopic (exact) mass is 344 g/mol. The van der Waals surface area contributed by atoms with Gasteiger partial charge >= 0.3 is 5.97 Å². The highest BCUT2D eigenvalue weighted by Gasteiger charge is 2.15. The topological polar surface area (TPSA) is 78.5 Å². The van der Waals surface area contributed by atoms with Crippen LogP contribution in [0.15, 0.2) is 42.5 Å². The second-order valence-corrected chi connectivity index (χ2v) is 5.35. The maximum absolute atomic E-state index is 11.9. The van der Waals surface area contributed by atoms with Crippen molar-refractivity contribution < 1.29 is 18.3 Å². The summed E-state index contributed by atoms with van der Waals surface area (Å²) in [5, 5.41) is 0.0273. The first-order chi connectivity index (χ1) is 9.97. The molecular weight excluding hydrogens is 337 g/mol. The van der Waals surface area contributed by atoms with E-state index in [4.69, 9.17) is 27.9 Å². The van der Waals surface area contributed by atoms with Crippen LogP contribution in [0.4, 0.5) is 5.69 Å². The molecule has 1 N–H and O–H groups in total. The van der Waals surface area contributed by atoms with E-state index in [2.05, 4.69) is 4.72 Å². The van der Waals surface area contributed by atoms with E-state index in [1.165, 1.54) is 12.1 Å². The third kappa shape index (κ3) is 4.18. The minimum absolute atomic E-state index is 0.0136. The number of carbonyl (C=O) groups is 1. The smallest absolute Gasteiger partial charge is 0.343 e. The van der Waals surface area contributed by atoms with Crippen LogP contribution >= 0.6 is 23.2 Å². The van der Waals surface area contributed by atoms with Crippen molar-refractivity contribution in [2.75, 3.05) is 4.72 Å². The third-order valence-electron chi connectivity index (χ3n) is 2.40. The molecule has 21 heavy (non-hydrogen) atoms. The number of nitrogens with one attached hydrogen (secondary N) is 1. The molecule has 0 amide bonds. The average molecular weight is 345 g/mol. The van der Waals surface area contributed by atoms with Gasteiger partial charge in [-0.25, -0.2) is 4.79 Å². The van der Waals surface area contributed by atoms with Gasteiger partial charge in [0.2, 0.25) is 0 Å².